The fourth-order valence-electron chi connectivity index (χ4n) is 3.79. The summed E-state index contributed by atoms with van der Waals surface area (Å²) in [6.45, 7) is 1.92. The highest BCUT2D eigenvalue weighted by molar-refractivity contribution is 5.94. The lowest BCUT2D eigenvalue weighted by molar-refractivity contribution is -0.0920. The van der Waals surface area contributed by atoms with E-state index in [-0.39, 0.29) is 11.5 Å². The van der Waals surface area contributed by atoms with E-state index >= 15 is 0 Å². The maximum Gasteiger partial charge on any atom is 0.251 e. The third kappa shape index (κ3) is 3.22. The lowest BCUT2D eigenvalue weighted by Gasteiger charge is -2.38. The van der Waals surface area contributed by atoms with Crippen LogP contribution in [-0.4, -0.2) is 37.4 Å². The van der Waals surface area contributed by atoms with Gasteiger partial charge in [0.1, 0.15) is 0 Å². The lowest BCUT2D eigenvalue weighted by Crippen LogP contribution is -2.37. The molecule has 24 heavy (non-hydrogen) atoms. The topological polar surface area (TPSA) is 56.8 Å². The highest BCUT2D eigenvalue weighted by Gasteiger charge is 2.44. The minimum Gasteiger partial charge on any atom is -0.490 e. The van der Waals surface area contributed by atoms with E-state index in [1.54, 1.807) is 12.1 Å². The minimum absolute atomic E-state index is 0.0676. The van der Waals surface area contributed by atoms with Crippen LogP contribution in [0.4, 0.5) is 0 Å². The molecule has 1 aromatic carbocycles. The van der Waals surface area contributed by atoms with Crippen molar-refractivity contribution in [1.29, 1.82) is 0 Å². The molecule has 4 rings (SSSR count). The monoisotopic (exact) mass is 331 g/mol. The summed E-state index contributed by atoms with van der Waals surface area (Å²) in [4.78, 5) is 12.3. The lowest BCUT2D eigenvalue weighted by atomic mass is 9.78. The maximum absolute atomic E-state index is 12.3. The molecule has 1 saturated carbocycles. The predicted molar refractivity (Wildman–Crippen MR) is 89.7 cm³/mol. The number of carbonyl (C=O) groups excluding carboxylic acids is 1. The fourth-order valence-corrected chi connectivity index (χ4v) is 3.79. The van der Waals surface area contributed by atoms with E-state index < -0.39 is 0 Å². The molecule has 1 aliphatic carbocycles. The van der Waals surface area contributed by atoms with Crippen LogP contribution in [0.15, 0.2) is 18.2 Å². The second-order valence-corrected chi connectivity index (χ2v) is 7.07. The van der Waals surface area contributed by atoms with E-state index in [0.717, 1.165) is 19.3 Å². The second-order valence-electron chi connectivity index (χ2n) is 7.07. The summed E-state index contributed by atoms with van der Waals surface area (Å²) in [5, 5.41) is 3.00. The van der Waals surface area contributed by atoms with Crippen molar-refractivity contribution in [3.05, 3.63) is 23.8 Å². The van der Waals surface area contributed by atoms with Crippen molar-refractivity contribution in [3.63, 3.8) is 0 Å². The molecular formula is C19H25NO4. The first kappa shape index (κ1) is 15.8. The van der Waals surface area contributed by atoms with Crippen LogP contribution in [0, 0.1) is 0 Å². The molecule has 1 spiro atoms. The van der Waals surface area contributed by atoms with Crippen molar-refractivity contribution in [2.24, 2.45) is 0 Å². The van der Waals surface area contributed by atoms with Crippen molar-refractivity contribution < 1.29 is 19.0 Å². The van der Waals surface area contributed by atoms with Gasteiger partial charge in [-0.15, -0.1) is 0 Å². The van der Waals surface area contributed by atoms with Gasteiger partial charge < -0.3 is 19.5 Å². The Labute approximate surface area is 142 Å². The molecular weight excluding hydrogens is 306 g/mol. The Balaban J connectivity index is 1.28. The SMILES string of the molecule is O=C(NCCC1CCC2(CCC2)O1)c1ccc2c(c1)OCCCO2. The number of rotatable bonds is 4. The predicted octanol–water partition coefficient (Wildman–Crippen LogP) is 3.07. The van der Waals surface area contributed by atoms with Crippen LogP contribution >= 0.6 is 0 Å². The van der Waals surface area contributed by atoms with Gasteiger partial charge in [0.25, 0.3) is 5.91 Å². The molecule has 1 N–H and O–H groups in total. The Kier molecular flexibility index (Phi) is 4.35. The summed E-state index contributed by atoms with van der Waals surface area (Å²) in [6, 6.07) is 5.37. The van der Waals surface area contributed by atoms with Crippen molar-refractivity contribution in [2.45, 2.75) is 56.7 Å². The Morgan fingerprint density at radius 3 is 2.71 bits per heavy atom. The zero-order valence-electron chi connectivity index (χ0n) is 14.0. The number of nitrogens with one attached hydrogen (secondary N) is 1. The van der Waals surface area contributed by atoms with Crippen LogP contribution in [0.2, 0.25) is 0 Å². The molecule has 2 fully saturated rings. The molecule has 0 aromatic heterocycles. The molecule has 1 aromatic rings. The van der Waals surface area contributed by atoms with Crippen LogP contribution < -0.4 is 14.8 Å². The smallest absolute Gasteiger partial charge is 0.251 e. The number of carbonyl (C=O) groups is 1. The van der Waals surface area contributed by atoms with Crippen LogP contribution in [0.5, 0.6) is 11.5 Å². The number of ether oxygens (including phenoxy) is 3. The first-order valence-electron chi connectivity index (χ1n) is 9.10. The van der Waals surface area contributed by atoms with Gasteiger partial charge in [0, 0.05) is 18.5 Å². The fraction of sp³-hybridized carbons (Fsp3) is 0.632. The average Bonchev–Trinajstić information content (AvgIpc) is 2.87. The number of benzene rings is 1. The van der Waals surface area contributed by atoms with Gasteiger partial charge in [-0.05, 0) is 56.7 Å². The molecule has 2 aliphatic heterocycles. The normalized spacial score (nSPS) is 24.2. The van der Waals surface area contributed by atoms with Crippen LogP contribution in [-0.2, 0) is 4.74 Å². The largest absolute Gasteiger partial charge is 0.490 e. The Hall–Kier alpha value is -1.75. The van der Waals surface area contributed by atoms with Gasteiger partial charge in [-0.2, -0.15) is 0 Å². The molecule has 3 aliphatic rings. The highest BCUT2D eigenvalue weighted by Crippen LogP contribution is 2.46. The number of amides is 1. The third-order valence-electron chi connectivity index (χ3n) is 5.36. The maximum atomic E-state index is 12.3. The zero-order chi connectivity index (χ0) is 16.4. The Bertz CT molecular complexity index is 611. The molecule has 1 atom stereocenters. The molecule has 5 nitrogen and oxygen atoms in total. The summed E-state index contributed by atoms with van der Waals surface area (Å²) in [7, 11) is 0. The van der Waals surface area contributed by atoms with Gasteiger partial charge in [-0.1, -0.05) is 0 Å². The van der Waals surface area contributed by atoms with E-state index in [0.29, 0.717) is 42.9 Å². The van der Waals surface area contributed by atoms with Crippen molar-refractivity contribution >= 4 is 5.91 Å². The van der Waals surface area contributed by atoms with E-state index in [1.807, 2.05) is 6.07 Å². The van der Waals surface area contributed by atoms with Crippen molar-refractivity contribution in [2.75, 3.05) is 19.8 Å². The van der Waals surface area contributed by atoms with E-state index in [1.165, 1.54) is 25.7 Å². The minimum atomic E-state index is -0.0676. The Morgan fingerprint density at radius 1 is 1.12 bits per heavy atom. The van der Waals surface area contributed by atoms with Gasteiger partial charge in [0.2, 0.25) is 0 Å². The van der Waals surface area contributed by atoms with Crippen LogP contribution in [0.1, 0.15) is 55.3 Å². The van der Waals surface area contributed by atoms with E-state index in [9.17, 15) is 4.79 Å². The molecule has 1 saturated heterocycles. The summed E-state index contributed by atoms with van der Waals surface area (Å²) in [5.74, 6) is 1.31. The molecule has 2 heterocycles. The zero-order valence-corrected chi connectivity index (χ0v) is 14.0. The van der Waals surface area contributed by atoms with Gasteiger partial charge in [-0.3, -0.25) is 4.79 Å². The van der Waals surface area contributed by atoms with Crippen LogP contribution in [0.25, 0.3) is 0 Å². The quantitative estimate of drug-likeness (QED) is 0.921. The molecule has 0 radical (unpaired) electrons. The highest BCUT2D eigenvalue weighted by atomic mass is 16.5. The van der Waals surface area contributed by atoms with Gasteiger partial charge in [0.05, 0.1) is 24.9 Å². The first-order valence-corrected chi connectivity index (χ1v) is 9.10. The number of hydrogen-bond donors (Lipinski definition) is 1. The van der Waals surface area contributed by atoms with Crippen LogP contribution in [0.3, 0.4) is 0 Å². The summed E-state index contributed by atoms with van der Waals surface area (Å²) in [6.07, 6.45) is 8.09. The first-order chi connectivity index (χ1) is 11.7. The van der Waals surface area contributed by atoms with Crippen molar-refractivity contribution in [3.8, 4) is 11.5 Å². The van der Waals surface area contributed by atoms with Crippen molar-refractivity contribution in [1.82, 2.24) is 5.32 Å². The van der Waals surface area contributed by atoms with Gasteiger partial charge >= 0.3 is 0 Å². The van der Waals surface area contributed by atoms with Gasteiger partial charge in [0.15, 0.2) is 11.5 Å². The molecule has 0 bridgehead atoms. The van der Waals surface area contributed by atoms with E-state index in [2.05, 4.69) is 5.32 Å². The average molecular weight is 331 g/mol. The van der Waals surface area contributed by atoms with E-state index in [4.69, 9.17) is 14.2 Å². The molecule has 1 amide bonds. The summed E-state index contributed by atoms with van der Waals surface area (Å²) in [5.41, 5.74) is 0.810. The summed E-state index contributed by atoms with van der Waals surface area (Å²) >= 11 is 0. The number of hydrogen-bond acceptors (Lipinski definition) is 4. The second kappa shape index (κ2) is 6.63. The molecule has 130 valence electrons. The molecule has 1 unspecified atom stereocenters. The Morgan fingerprint density at radius 2 is 1.96 bits per heavy atom. The third-order valence-corrected chi connectivity index (χ3v) is 5.36. The summed E-state index contributed by atoms with van der Waals surface area (Å²) < 4.78 is 17.4. The molecule has 5 heteroatoms. The standard InChI is InChI=1S/C19H25NO4/c21-18(14-3-4-16-17(13-14)23-12-2-11-22-16)20-10-6-15-5-9-19(24-15)7-1-8-19/h3-4,13,15H,1-2,5-12H2,(H,20,21). The van der Waals surface area contributed by atoms with Gasteiger partial charge in [-0.25, -0.2) is 0 Å². The number of fused-ring (bicyclic) bond motifs is 1.